The first kappa shape index (κ1) is 26.4. The van der Waals surface area contributed by atoms with Crippen molar-refractivity contribution in [1.82, 2.24) is 9.80 Å². The Kier molecular flexibility index (Phi) is 5.98. The molecular weight excluding hydrogens is 510 g/mol. The minimum atomic E-state index is -1.26. The Bertz CT molecular complexity index is 1530. The van der Waals surface area contributed by atoms with Crippen LogP contribution in [0.3, 0.4) is 0 Å². The van der Waals surface area contributed by atoms with E-state index in [4.69, 9.17) is 4.74 Å². The molecule has 9 nitrogen and oxygen atoms in total. The Hall–Kier alpha value is -3.87. The Morgan fingerprint density at radius 3 is 2.80 bits per heavy atom. The first-order valence-electron chi connectivity index (χ1n) is 13.7. The first-order chi connectivity index (χ1) is 19.0. The van der Waals surface area contributed by atoms with Gasteiger partial charge in [-0.15, -0.1) is 6.58 Å². The van der Waals surface area contributed by atoms with Crippen molar-refractivity contribution in [3.05, 3.63) is 74.9 Å². The highest BCUT2D eigenvalue weighted by atomic mass is 16.6. The van der Waals surface area contributed by atoms with E-state index < -0.39 is 34.1 Å². The number of piperidine rings is 1. The van der Waals surface area contributed by atoms with Gasteiger partial charge in [0.1, 0.15) is 6.10 Å². The van der Waals surface area contributed by atoms with E-state index >= 15 is 0 Å². The molecule has 2 N–H and O–H groups in total. The number of amides is 1. The number of hydrogen-bond acceptors (Lipinski definition) is 7. The van der Waals surface area contributed by atoms with Crippen molar-refractivity contribution in [2.75, 3.05) is 20.1 Å². The lowest BCUT2D eigenvalue weighted by Crippen LogP contribution is -2.78. The van der Waals surface area contributed by atoms with Crippen molar-refractivity contribution < 1.29 is 24.7 Å². The zero-order valence-electron chi connectivity index (χ0n) is 22.9. The molecule has 1 saturated heterocycles. The molecule has 2 aromatic rings. The zero-order valence-corrected chi connectivity index (χ0v) is 22.9. The monoisotopic (exact) mass is 543 g/mol. The number of nitro benzene ring substituents is 1. The van der Waals surface area contributed by atoms with Crippen LogP contribution in [0.5, 0.6) is 11.5 Å². The average molecular weight is 544 g/mol. The maximum atomic E-state index is 13.4. The molecule has 2 aliphatic heterocycles. The minimum Gasteiger partial charge on any atom is -0.504 e. The third kappa shape index (κ3) is 3.45. The molecule has 2 aliphatic carbocycles. The molecule has 5 atom stereocenters. The van der Waals surface area contributed by atoms with Crippen LogP contribution in [0, 0.1) is 35.8 Å². The minimum absolute atomic E-state index is 0.168. The fourth-order valence-electron chi connectivity index (χ4n) is 7.80. The van der Waals surface area contributed by atoms with Crippen LogP contribution < -0.4 is 4.74 Å². The zero-order chi connectivity index (χ0) is 28.6. The summed E-state index contributed by atoms with van der Waals surface area (Å²) in [6, 6.07) is 6.11. The van der Waals surface area contributed by atoms with Crippen LogP contribution in [-0.2, 0) is 16.6 Å². The number of phenolic OH excluding ortho intramolecular Hbond substituents is 1. The Labute approximate surface area is 233 Å². The summed E-state index contributed by atoms with van der Waals surface area (Å²) in [5, 5.41) is 35.5. The van der Waals surface area contributed by atoms with E-state index in [0.717, 1.165) is 22.8 Å². The predicted octanol–water partition coefficient (Wildman–Crippen LogP) is 3.14. The summed E-state index contributed by atoms with van der Waals surface area (Å²) in [4.78, 5) is 28.7. The molecule has 2 bridgehead atoms. The summed E-state index contributed by atoms with van der Waals surface area (Å²) in [5.74, 6) is 5.23. The number of likely N-dealkylation sites (N-methyl/N-ethyl adjacent to an activating group) is 1. The van der Waals surface area contributed by atoms with Crippen molar-refractivity contribution in [2.45, 2.75) is 68.7 Å². The molecule has 40 heavy (non-hydrogen) atoms. The van der Waals surface area contributed by atoms with Crippen LogP contribution in [0.2, 0.25) is 0 Å². The smallest absolute Gasteiger partial charge is 0.298 e. The highest BCUT2D eigenvalue weighted by molar-refractivity contribution is 5.94. The summed E-state index contributed by atoms with van der Waals surface area (Å²) < 4.78 is 6.47. The number of aliphatic hydroxyl groups is 1. The maximum Gasteiger partial charge on any atom is 0.298 e. The topological polar surface area (TPSA) is 116 Å². The van der Waals surface area contributed by atoms with Crippen molar-refractivity contribution in [1.29, 1.82) is 0 Å². The molecule has 2 heterocycles. The third-order valence-corrected chi connectivity index (χ3v) is 9.85. The lowest BCUT2D eigenvalue weighted by molar-refractivity contribution is -0.386. The maximum absolute atomic E-state index is 13.4. The van der Waals surface area contributed by atoms with Gasteiger partial charge in [0.15, 0.2) is 11.5 Å². The van der Waals surface area contributed by atoms with Gasteiger partial charge in [-0.3, -0.25) is 19.8 Å². The summed E-state index contributed by atoms with van der Waals surface area (Å²) in [6.45, 7) is 9.05. The number of hydrogen-bond donors (Lipinski definition) is 2. The average Bonchev–Trinajstić information content (AvgIpc) is 3.27. The van der Waals surface area contributed by atoms with Gasteiger partial charge in [0.2, 0.25) is 0 Å². The number of benzene rings is 2. The molecule has 0 aromatic heterocycles. The lowest BCUT2D eigenvalue weighted by atomic mass is 9.48. The van der Waals surface area contributed by atoms with Crippen LogP contribution >= 0.6 is 0 Å². The number of aromatic hydroxyl groups is 1. The highest BCUT2D eigenvalue weighted by Crippen LogP contribution is 2.67. The molecule has 1 spiro atoms. The number of carbonyl (C=O) groups is 1. The third-order valence-electron chi connectivity index (χ3n) is 9.85. The van der Waals surface area contributed by atoms with Gasteiger partial charge >= 0.3 is 0 Å². The van der Waals surface area contributed by atoms with E-state index in [1.807, 2.05) is 32.0 Å². The standard InChI is InChI=1S/C31H33N3O6/c1-5-13-33-14-12-30-27-21-16-25(33)31(30,37)11-10-22(29(30)40-28(27)24(35)17-23(21)34(38)39)32(4)26(36)9-8-20-7-6-18(2)19(3)15-20/h5-7,15,17,22,25,29,35,37H,1,10-14,16H2,2-4H3/t22-,25-,29+,30+,31-/m1/s1. The molecule has 208 valence electrons. The molecule has 1 saturated carbocycles. The van der Waals surface area contributed by atoms with E-state index in [1.165, 1.54) is 0 Å². The number of aryl methyl sites for hydroxylation is 2. The fraction of sp³-hybridized carbons (Fsp3) is 0.452. The van der Waals surface area contributed by atoms with Crippen molar-refractivity contribution in [3.63, 3.8) is 0 Å². The molecule has 2 fully saturated rings. The SMILES string of the molecule is C=CCN1CC[C@]23c4c5c([N+](=O)[O-])cc(O)c4O[C@H]2[C@H](N(C)C(=O)C#Cc2ccc(C)c(C)c2)CC[C@@]3(O)[C@H]1C5. The van der Waals surface area contributed by atoms with E-state index in [0.29, 0.717) is 43.5 Å². The summed E-state index contributed by atoms with van der Waals surface area (Å²) in [7, 11) is 1.69. The van der Waals surface area contributed by atoms with Crippen molar-refractivity contribution >= 4 is 11.6 Å². The van der Waals surface area contributed by atoms with E-state index in [1.54, 1.807) is 18.0 Å². The van der Waals surface area contributed by atoms with Gasteiger partial charge in [0, 0.05) is 42.2 Å². The molecule has 9 heteroatoms. The number of nitrogens with zero attached hydrogens (tertiary/aromatic N) is 3. The summed E-state index contributed by atoms with van der Waals surface area (Å²) >= 11 is 0. The lowest BCUT2D eigenvalue weighted by Gasteiger charge is -2.64. The van der Waals surface area contributed by atoms with Crippen molar-refractivity contribution in [2.24, 2.45) is 0 Å². The number of nitro groups is 1. The van der Waals surface area contributed by atoms with Crippen molar-refractivity contribution in [3.8, 4) is 23.3 Å². The van der Waals surface area contributed by atoms with Gasteiger partial charge in [-0.1, -0.05) is 18.1 Å². The number of rotatable bonds is 4. The van der Waals surface area contributed by atoms with E-state index in [2.05, 4.69) is 23.3 Å². The molecule has 1 amide bonds. The summed E-state index contributed by atoms with van der Waals surface area (Å²) in [6.07, 6.45) is 2.65. The molecule has 2 aromatic carbocycles. The highest BCUT2D eigenvalue weighted by Gasteiger charge is 2.74. The van der Waals surface area contributed by atoms with Crippen LogP contribution in [0.1, 0.15) is 47.1 Å². The first-order valence-corrected chi connectivity index (χ1v) is 13.7. The van der Waals surface area contributed by atoms with Gasteiger partial charge in [-0.2, -0.15) is 0 Å². The number of phenols is 1. The van der Waals surface area contributed by atoms with E-state index in [-0.39, 0.29) is 29.5 Å². The van der Waals surface area contributed by atoms with E-state index in [9.17, 15) is 25.1 Å². The van der Waals surface area contributed by atoms with Gasteiger partial charge < -0.3 is 19.8 Å². The number of carbonyl (C=O) groups excluding carboxylic acids is 1. The number of ether oxygens (including phenoxy) is 1. The van der Waals surface area contributed by atoms with Gasteiger partial charge in [-0.05, 0) is 69.3 Å². The van der Waals surface area contributed by atoms with Crippen LogP contribution in [0.4, 0.5) is 5.69 Å². The Balaban J connectivity index is 1.43. The molecule has 0 radical (unpaired) electrons. The summed E-state index contributed by atoms with van der Waals surface area (Å²) in [5.41, 5.74) is 1.57. The fourth-order valence-corrected chi connectivity index (χ4v) is 7.80. The second kappa shape index (κ2) is 9.08. The molecular formula is C31H33N3O6. The second-order valence-corrected chi connectivity index (χ2v) is 11.6. The predicted molar refractivity (Wildman–Crippen MR) is 148 cm³/mol. The van der Waals surface area contributed by atoms with Crippen LogP contribution in [-0.4, -0.2) is 74.8 Å². The quantitative estimate of drug-likeness (QED) is 0.263. The normalized spacial score (nSPS) is 29.4. The largest absolute Gasteiger partial charge is 0.504 e. The Morgan fingerprint density at radius 1 is 1.32 bits per heavy atom. The Morgan fingerprint density at radius 2 is 2.10 bits per heavy atom. The molecule has 6 rings (SSSR count). The van der Waals surface area contributed by atoms with Gasteiger partial charge in [-0.25, -0.2) is 0 Å². The molecule has 4 aliphatic rings. The number of likely N-dealkylation sites (tertiary alicyclic amines) is 1. The second-order valence-electron chi connectivity index (χ2n) is 11.6. The van der Waals surface area contributed by atoms with Crippen LogP contribution in [0.25, 0.3) is 0 Å². The molecule has 0 unspecified atom stereocenters. The van der Waals surface area contributed by atoms with Crippen LogP contribution in [0.15, 0.2) is 36.9 Å². The van der Waals surface area contributed by atoms with Gasteiger partial charge in [0.25, 0.3) is 11.6 Å². The van der Waals surface area contributed by atoms with Gasteiger partial charge in [0.05, 0.1) is 28.0 Å².